The maximum atomic E-state index is 11.5. The van der Waals surface area contributed by atoms with Crippen LogP contribution in [-0.4, -0.2) is 6.41 Å². The summed E-state index contributed by atoms with van der Waals surface area (Å²) in [6.07, 6.45) is 5.06. The summed E-state index contributed by atoms with van der Waals surface area (Å²) < 4.78 is 0. The van der Waals surface area contributed by atoms with Crippen LogP contribution in [-0.2, 0) is 4.79 Å². The monoisotopic (exact) mass is 249 g/mol. The number of anilines is 1. The van der Waals surface area contributed by atoms with E-state index in [2.05, 4.69) is 43.3 Å². The predicted octanol–water partition coefficient (Wildman–Crippen LogP) is 3.73. The molecule has 2 aromatic carbocycles. The van der Waals surface area contributed by atoms with Crippen molar-refractivity contribution in [2.75, 3.05) is 4.90 Å². The van der Waals surface area contributed by atoms with E-state index in [4.69, 9.17) is 0 Å². The first-order valence-corrected chi connectivity index (χ1v) is 6.37. The average Bonchev–Trinajstić information content (AvgIpc) is 2.47. The zero-order valence-electron chi connectivity index (χ0n) is 10.8. The highest BCUT2D eigenvalue weighted by Gasteiger charge is 2.22. The highest BCUT2D eigenvalue weighted by atomic mass is 16.1. The van der Waals surface area contributed by atoms with Crippen molar-refractivity contribution in [1.82, 2.24) is 0 Å². The molecule has 0 radical (unpaired) electrons. The van der Waals surface area contributed by atoms with Gasteiger partial charge in [-0.2, -0.15) is 0 Å². The lowest BCUT2D eigenvalue weighted by molar-refractivity contribution is -0.107. The first-order valence-electron chi connectivity index (χ1n) is 6.37. The summed E-state index contributed by atoms with van der Waals surface area (Å²) in [6, 6.07) is 16.2. The molecule has 0 spiro atoms. The van der Waals surface area contributed by atoms with Gasteiger partial charge in [-0.3, -0.25) is 4.79 Å². The zero-order valence-corrected chi connectivity index (χ0v) is 10.8. The SMILES string of the molecule is Cc1ccc(C2C=Cc3ccccc3N2C=O)cc1. The summed E-state index contributed by atoms with van der Waals surface area (Å²) >= 11 is 0. The Labute approximate surface area is 113 Å². The molecule has 1 atom stereocenters. The Balaban J connectivity index is 2.05. The van der Waals surface area contributed by atoms with Crippen LogP contribution in [0.4, 0.5) is 5.69 Å². The molecule has 2 heteroatoms. The van der Waals surface area contributed by atoms with Crippen LogP contribution < -0.4 is 4.90 Å². The summed E-state index contributed by atoms with van der Waals surface area (Å²) in [6.45, 7) is 2.06. The lowest BCUT2D eigenvalue weighted by atomic mass is 9.97. The molecule has 0 saturated heterocycles. The van der Waals surface area contributed by atoms with E-state index in [1.165, 1.54) is 5.56 Å². The van der Waals surface area contributed by atoms with Gasteiger partial charge in [0, 0.05) is 0 Å². The minimum absolute atomic E-state index is 0.0204. The molecule has 0 bridgehead atoms. The van der Waals surface area contributed by atoms with Crippen LogP contribution in [0.5, 0.6) is 0 Å². The minimum atomic E-state index is -0.0204. The number of fused-ring (bicyclic) bond motifs is 1. The van der Waals surface area contributed by atoms with Gasteiger partial charge in [0.05, 0.1) is 11.7 Å². The number of aryl methyl sites for hydroxylation is 1. The molecule has 94 valence electrons. The van der Waals surface area contributed by atoms with Gasteiger partial charge in [-0.05, 0) is 24.1 Å². The Bertz CT molecular complexity index is 628. The molecule has 1 unspecified atom stereocenters. The van der Waals surface area contributed by atoms with Gasteiger partial charge in [-0.15, -0.1) is 0 Å². The van der Waals surface area contributed by atoms with Gasteiger partial charge in [0.2, 0.25) is 6.41 Å². The van der Waals surface area contributed by atoms with Crippen molar-refractivity contribution in [2.45, 2.75) is 13.0 Å². The molecule has 19 heavy (non-hydrogen) atoms. The number of nitrogens with zero attached hydrogens (tertiary/aromatic N) is 1. The lowest BCUT2D eigenvalue weighted by Crippen LogP contribution is -2.28. The molecular weight excluding hydrogens is 234 g/mol. The van der Waals surface area contributed by atoms with Crippen molar-refractivity contribution in [1.29, 1.82) is 0 Å². The molecule has 1 aliphatic rings. The third-order valence-corrected chi connectivity index (χ3v) is 3.51. The van der Waals surface area contributed by atoms with E-state index >= 15 is 0 Å². The van der Waals surface area contributed by atoms with Gasteiger partial charge >= 0.3 is 0 Å². The van der Waals surface area contributed by atoms with Gasteiger partial charge < -0.3 is 4.90 Å². The zero-order chi connectivity index (χ0) is 13.2. The Kier molecular flexibility index (Phi) is 2.92. The molecule has 1 amide bonds. The molecule has 1 aliphatic heterocycles. The molecule has 2 aromatic rings. The van der Waals surface area contributed by atoms with Gasteiger partial charge in [0.25, 0.3) is 0 Å². The fraction of sp³-hybridized carbons (Fsp3) is 0.118. The van der Waals surface area contributed by atoms with Crippen molar-refractivity contribution >= 4 is 18.2 Å². The largest absolute Gasteiger partial charge is 0.303 e. The average molecular weight is 249 g/mol. The summed E-state index contributed by atoms with van der Waals surface area (Å²) in [5.41, 5.74) is 4.40. The molecular formula is C17H15NO. The van der Waals surface area contributed by atoms with Crippen LogP contribution in [0, 0.1) is 6.92 Å². The fourth-order valence-electron chi connectivity index (χ4n) is 2.46. The Hall–Kier alpha value is -2.35. The van der Waals surface area contributed by atoms with E-state index < -0.39 is 0 Å². The van der Waals surface area contributed by atoms with Crippen LogP contribution >= 0.6 is 0 Å². The molecule has 0 N–H and O–H groups in total. The Morgan fingerprint density at radius 1 is 1.05 bits per heavy atom. The normalized spacial score (nSPS) is 17.1. The fourth-order valence-corrected chi connectivity index (χ4v) is 2.46. The van der Waals surface area contributed by atoms with E-state index in [0.29, 0.717) is 0 Å². The molecule has 1 heterocycles. The Morgan fingerprint density at radius 2 is 1.79 bits per heavy atom. The van der Waals surface area contributed by atoms with Crippen LogP contribution in [0.1, 0.15) is 22.7 Å². The van der Waals surface area contributed by atoms with Crippen LogP contribution in [0.3, 0.4) is 0 Å². The van der Waals surface area contributed by atoms with Crippen molar-refractivity contribution in [3.63, 3.8) is 0 Å². The van der Waals surface area contributed by atoms with Crippen LogP contribution in [0.15, 0.2) is 54.6 Å². The highest BCUT2D eigenvalue weighted by Crippen LogP contribution is 2.35. The van der Waals surface area contributed by atoms with Crippen molar-refractivity contribution in [3.8, 4) is 0 Å². The van der Waals surface area contributed by atoms with Gasteiger partial charge in [0.1, 0.15) is 0 Å². The topological polar surface area (TPSA) is 20.3 Å². The summed E-state index contributed by atoms with van der Waals surface area (Å²) in [5.74, 6) is 0. The van der Waals surface area contributed by atoms with Crippen LogP contribution in [0.2, 0.25) is 0 Å². The van der Waals surface area contributed by atoms with E-state index in [1.807, 2.05) is 24.3 Å². The van der Waals surface area contributed by atoms with Crippen LogP contribution in [0.25, 0.3) is 6.08 Å². The maximum Gasteiger partial charge on any atom is 0.214 e. The van der Waals surface area contributed by atoms with E-state index in [0.717, 1.165) is 23.2 Å². The second kappa shape index (κ2) is 4.73. The van der Waals surface area contributed by atoms with E-state index in [1.54, 1.807) is 4.90 Å². The molecule has 0 fully saturated rings. The lowest BCUT2D eigenvalue weighted by Gasteiger charge is -2.31. The van der Waals surface area contributed by atoms with Gasteiger partial charge in [-0.1, -0.05) is 60.2 Å². The molecule has 0 aliphatic carbocycles. The second-order valence-electron chi connectivity index (χ2n) is 4.79. The Morgan fingerprint density at radius 3 is 2.53 bits per heavy atom. The standard InChI is InChI=1S/C17H15NO/c1-13-6-8-15(9-7-13)17-11-10-14-4-2-3-5-16(14)18(17)12-19/h2-12,17H,1H3. The molecule has 0 aromatic heterocycles. The molecule has 0 saturated carbocycles. The quantitative estimate of drug-likeness (QED) is 0.743. The first-order chi connectivity index (χ1) is 9.29. The molecule has 3 rings (SSSR count). The summed E-state index contributed by atoms with van der Waals surface area (Å²) in [5, 5.41) is 0. The van der Waals surface area contributed by atoms with Crippen molar-refractivity contribution in [3.05, 3.63) is 71.3 Å². The van der Waals surface area contributed by atoms with E-state index in [-0.39, 0.29) is 6.04 Å². The minimum Gasteiger partial charge on any atom is -0.303 e. The number of carbonyl (C=O) groups excluding carboxylic acids is 1. The number of carbonyl (C=O) groups is 1. The maximum absolute atomic E-state index is 11.5. The van der Waals surface area contributed by atoms with Gasteiger partial charge in [0.15, 0.2) is 0 Å². The van der Waals surface area contributed by atoms with Gasteiger partial charge in [-0.25, -0.2) is 0 Å². The highest BCUT2D eigenvalue weighted by molar-refractivity contribution is 5.85. The van der Waals surface area contributed by atoms with E-state index in [9.17, 15) is 4.79 Å². The smallest absolute Gasteiger partial charge is 0.214 e. The number of para-hydroxylation sites is 1. The summed E-state index contributed by atoms with van der Waals surface area (Å²) in [7, 11) is 0. The number of hydrogen-bond acceptors (Lipinski definition) is 1. The molecule has 2 nitrogen and oxygen atoms in total. The number of benzene rings is 2. The number of rotatable bonds is 2. The third kappa shape index (κ3) is 2.06. The summed E-state index contributed by atoms with van der Waals surface area (Å²) in [4.78, 5) is 13.2. The predicted molar refractivity (Wildman–Crippen MR) is 77.9 cm³/mol. The number of hydrogen-bond donors (Lipinski definition) is 0. The van der Waals surface area contributed by atoms with Crippen molar-refractivity contribution < 1.29 is 4.79 Å². The number of amides is 1. The second-order valence-corrected chi connectivity index (χ2v) is 4.79. The van der Waals surface area contributed by atoms with Crippen molar-refractivity contribution in [2.24, 2.45) is 0 Å². The third-order valence-electron chi connectivity index (χ3n) is 3.51. The first kappa shape index (κ1) is 11.7.